The average Bonchev–Trinajstić information content (AvgIpc) is 3.10. The fourth-order valence-corrected chi connectivity index (χ4v) is 2.75. The zero-order chi connectivity index (χ0) is 14.8. The van der Waals surface area contributed by atoms with Gasteiger partial charge in [-0.05, 0) is 30.2 Å². The smallest absolute Gasteiger partial charge is 0.310 e. The topological polar surface area (TPSA) is 59.8 Å². The van der Waals surface area contributed by atoms with Crippen LogP contribution in [0.1, 0.15) is 12.0 Å². The normalized spacial score (nSPS) is 18.4. The molecule has 0 bridgehead atoms. The molecule has 1 unspecified atom stereocenters. The number of furan rings is 1. The minimum atomic E-state index is -0.321. The SMILES string of the molecule is COC(=O)C1CC(=O)N(CCc2ccc3occc3c2)C1. The molecule has 110 valence electrons. The van der Waals surface area contributed by atoms with Gasteiger partial charge in [0.25, 0.3) is 0 Å². The summed E-state index contributed by atoms with van der Waals surface area (Å²) in [5.74, 6) is -0.598. The zero-order valence-electron chi connectivity index (χ0n) is 11.9. The van der Waals surface area contributed by atoms with E-state index in [0.29, 0.717) is 13.1 Å². The standard InChI is InChI=1S/C16H17NO4/c1-20-16(19)13-9-15(18)17(10-13)6-4-11-2-3-14-12(8-11)5-7-21-14/h2-3,5,7-8,13H,4,6,9-10H2,1H3. The Bertz CT molecular complexity index is 676. The van der Waals surface area contributed by atoms with Crippen LogP contribution in [0.3, 0.4) is 0 Å². The predicted molar refractivity (Wildman–Crippen MR) is 76.6 cm³/mol. The van der Waals surface area contributed by atoms with Crippen molar-refractivity contribution in [2.24, 2.45) is 5.92 Å². The van der Waals surface area contributed by atoms with Crippen LogP contribution < -0.4 is 0 Å². The lowest BCUT2D eigenvalue weighted by atomic mass is 10.1. The number of nitrogens with zero attached hydrogens (tertiary/aromatic N) is 1. The molecule has 1 aromatic carbocycles. The lowest BCUT2D eigenvalue weighted by Crippen LogP contribution is -2.28. The van der Waals surface area contributed by atoms with Crippen LogP contribution in [0.15, 0.2) is 34.9 Å². The lowest BCUT2D eigenvalue weighted by molar-refractivity contribution is -0.145. The summed E-state index contributed by atoms with van der Waals surface area (Å²) >= 11 is 0. The third-order valence-corrected chi connectivity index (χ3v) is 3.94. The van der Waals surface area contributed by atoms with E-state index >= 15 is 0 Å². The molecule has 1 saturated heterocycles. The first-order chi connectivity index (χ1) is 10.2. The second kappa shape index (κ2) is 5.60. The number of carbonyl (C=O) groups excluding carboxylic acids is 2. The molecule has 2 aromatic rings. The van der Waals surface area contributed by atoms with Gasteiger partial charge in [-0.3, -0.25) is 9.59 Å². The van der Waals surface area contributed by atoms with Crippen LogP contribution >= 0.6 is 0 Å². The average molecular weight is 287 g/mol. The summed E-state index contributed by atoms with van der Waals surface area (Å²) in [7, 11) is 1.36. The van der Waals surface area contributed by atoms with Crippen LogP contribution in [0.25, 0.3) is 11.0 Å². The number of ether oxygens (including phenoxy) is 1. The van der Waals surface area contributed by atoms with Gasteiger partial charge in [0.2, 0.25) is 5.91 Å². The van der Waals surface area contributed by atoms with Crippen molar-refractivity contribution in [3.05, 3.63) is 36.1 Å². The number of esters is 1. The molecule has 0 aliphatic carbocycles. The Hall–Kier alpha value is -2.30. The predicted octanol–water partition coefficient (Wildman–Crippen LogP) is 2.00. The van der Waals surface area contributed by atoms with Crippen molar-refractivity contribution >= 4 is 22.8 Å². The van der Waals surface area contributed by atoms with Crippen LogP contribution in [-0.4, -0.2) is 37.0 Å². The quantitative estimate of drug-likeness (QED) is 0.807. The number of likely N-dealkylation sites (tertiary alicyclic amines) is 1. The second-order valence-corrected chi connectivity index (χ2v) is 5.31. The maximum Gasteiger partial charge on any atom is 0.310 e. The number of amides is 1. The molecule has 1 fully saturated rings. The first-order valence-corrected chi connectivity index (χ1v) is 6.99. The van der Waals surface area contributed by atoms with Gasteiger partial charge in [0.1, 0.15) is 5.58 Å². The Morgan fingerprint density at radius 3 is 3.10 bits per heavy atom. The summed E-state index contributed by atoms with van der Waals surface area (Å²) in [6.45, 7) is 1.08. The molecule has 1 atom stereocenters. The minimum Gasteiger partial charge on any atom is -0.469 e. The van der Waals surface area contributed by atoms with Crippen LogP contribution in [-0.2, 0) is 20.7 Å². The summed E-state index contributed by atoms with van der Waals surface area (Å²) in [6.07, 6.45) is 2.69. The van der Waals surface area contributed by atoms with Crippen molar-refractivity contribution in [1.29, 1.82) is 0 Å². The van der Waals surface area contributed by atoms with Crippen LogP contribution in [0, 0.1) is 5.92 Å². The minimum absolute atomic E-state index is 0.0230. The van der Waals surface area contributed by atoms with Gasteiger partial charge >= 0.3 is 5.97 Å². The highest BCUT2D eigenvalue weighted by Crippen LogP contribution is 2.21. The van der Waals surface area contributed by atoms with Gasteiger partial charge in [-0.2, -0.15) is 0 Å². The largest absolute Gasteiger partial charge is 0.469 e. The van der Waals surface area contributed by atoms with Crippen molar-refractivity contribution in [2.75, 3.05) is 20.2 Å². The van der Waals surface area contributed by atoms with Gasteiger partial charge in [0.05, 0.1) is 19.3 Å². The maximum atomic E-state index is 11.9. The number of rotatable bonds is 4. The van der Waals surface area contributed by atoms with E-state index in [0.717, 1.165) is 23.0 Å². The number of benzene rings is 1. The monoisotopic (exact) mass is 287 g/mol. The van der Waals surface area contributed by atoms with E-state index in [1.165, 1.54) is 7.11 Å². The molecule has 3 rings (SSSR count). The van der Waals surface area contributed by atoms with Gasteiger partial charge in [-0.15, -0.1) is 0 Å². The van der Waals surface area contributed by atoms with Gasteiger partial charge in [-0.1, -0.05) is 6.07 Å². The highest BCUT2D eigenvalue weighted by molar-refractivity contribution is 5.86. The molecule has 0 N–H and O–H groups in total. The molecule has 0 saturated carbocycles. The third-order valence-electron chi connectivity index (χ3n) is 3.94. The number of hydrogen-bond donors (Lipinski definition) is 0. The Morgan fingerprint density at radius 1 is 1.43 bits per heavy atom. The van der Waals surface area contributed by atoms with Gasteiger partial charge in [0.15, 0.2) is 0 Å². The second-order valence-electron chi connectivity index (χ2n) is 5.31. The van der Waals surface area contributed by atoms with Crippen LogP contribution in [0.5, 0.6) is 0 Å². The number of carbonyl (C=O) groups is 2. The summed E-state index contributed by atoms with van der Waals surface area (Å²) < 4.78 is 10.0. The molecule has 1 amide bonds. The fourth-order valence-electron chi connectivity index (χ4n) is 2.75. The first-order valence-electron chi connectivity index (χ1n) is 6.99. The van der Waals surface area contributed by atoms with E-state index in [1.807, 2.05) is 18.2 Å². The van der Waals surface area contributed by atoms with E-state index in [2.05, 4.69) is 6.07 Å². The van der Waals surface area contributed by atoms with Crippen LogP contribution in [0.4, 0.5) is 0 Å². The zero-order valence-corrected chi connectivity index (χ0v) is 11.9. The summed E-state index contributed by atoms with van der Waals surface area (Å²) in [4.78, 5) is 25.1. The molecule has 0 spiro atoms. The number of methoxy groups -OCH3 is 1. The molecular weight excluding hydrogens is 270 g/mol. The fraction of sp³-hybridized carbons (Fsp3) is 0.375. The molecule has 1 aliphatic heterocycles. The van der Waals surface area contributed by atoms with Crippen molar-refractivity contribution in [3.63, 3.8) is 0 Å². The van der Waals surface area contributed by atoms with Crippen molar-refractivity contribution in [1.82, 2.24) is 4.90 Å². The lowest BCUT2D eigenvalue weighted by Gasteiger charge is -2.16. The summed E-state index contributed by atoms with van der Waals surface area (Å²) in [6, 6.07) is 7.93. The molecule has 0 radical (unpaired) electrons. The van der Waals surface area contributed by atoms with Crippen LogP contribution in [0.2, 0.25) is 0 Å². The van der Waals surface area contributed by atoms with Gasteiger partial charge in [0, 0.05) is 24.9 Å². The Labute approximate surface area is 122 Å². The van der Waals surface area contributed by atoms with E-state index < -0.39 is 0 Å². The summed E-state index contributed by atoms with van der Waals surface area (Å²) in [5, 5.41) is 1.06. The van der Waals surface area contributed by atoms with E-state index in [9.17, 15) is 9.59 Å². The van der Waals surface area contributed by atoms with E-state index in [1.54, 1.807) is 11.2 Å². The van der Waals surface area contributed by atoms with Crippen molar-refractivity contribution < 1.29 is 18.7 Å². The molecule has 1 aliphatic rings. The van der Waals surface area contributed by atoms with Crippen molar-refractivity contribution in [2.45, 2.75) is 12.8 Å². The van der Waals surface area contributed by atoms with E-state index in [-0.39, 0.29) is 24.2 Å². The van der Waals surface area contributed by atoms with Gasteiger partial charge < -0.3 is 14.1 Å². The Morgan fingerprint density at radius 2 is 2.29 bits per heavy atom. The highest BCUT2D eigenvalue weighted by atomic mass is 16.5. The molecule has 5 heteroatoms. The molecule has 5 nitrogen and oxygen atoms in total. The Kier molecular flexibility index (Phi) is 3.64. The Balaban J connectivity index is 1.62. The maximum absolute atomic E-state index is 11.9. The third kappa shape index (κ3) is 2.77. The van der Waals surface area contributed by atoms with E-state index in [4.69, 9.17) is 9.15 Å². The van der Waals surface area contributed by atoms with Crippen molar-refractivity contribution in [3.8, 4) is 0 Å². The molecular formula is C16H17NO4. The molecule has 21 heavy (non-hydrogen) atoms. The van der Waals surface area contributed by atoms with Gasteiger partial charge in [-0.25, -0.2) is 0 Å². The summed E-state index contributed by atoms with van der Waals surface area (Å²) in [5.41, 5.74) is 2.01. The number of fused-ring (bicyclic) bond motifs is 1. The number of hydrogen-bond acceptors (Lipinski definition) is 4. The first kappa shape index (κ1) is 13.7. The molecule has 1 aromatic heterocycles. The molecule has 2 heterocycles. The highest BCUT2D eigenvalue weighted by Gasteiger charge is 2.34.